The van der Waals surface area contributed by atoms with Crippen molar-refractivity contribution in [3.05, 3.63) is 94.5 Å². The lowest BCUT2D eigenvalue weighted by Crippen LogP contribution is -2.43. The van der Waals surface area contributed by atoms with Crippen LogP contribution in [0.4, 0.5) is 32.0 Å². The van der Waals surface area contributed by atoms with Crippen LogP contribution in [0.1, 0.15) is 40.7 Å². The molecule has 3 aromatic carbocycles. The Balaban J connectivity index is 1.32. The molecule has 254 valence electrons. The molecule has 3 aromatic rings. The van der Waals surface area contributed by atoms with Crippen molar-refractivity contribution in [2.24, 2.45) is 5.92 Å². The highest BCUT2D eigenvalue weighted by Crippen LogP contribution is 2.34. The van der Waals surface area contributed by atoms with Gasteiger partial charge in [-0.3, -0.25) is 14.6 Å². The second-order valence-corrected chi connectivity index (χ2v) is 12.4. The van der Waals surface area contributed by atoms with Crippen molar-refractivity contribution in [3.63, 3.8) is 0 Å². The lowest BCUT2D eigenvalue weighted by molar-refractivity contribution is -0.148. The molecule has 1 saturated carbocycles. The Morgan fingerprint density at radius 2 is 1.68 bits per heavy atom. The molecule has 1 N–H and O–H groups in total. The fourth-order valence-corrected chi connectivity index (χ4v) is 6.09. The minimum absolute atomic E-state index is 0.0726. The number of fused-ring (bicyclic) bond motifs is 1. The van der Waals surface area contributed by atoms with Gasteiger partial charge in [-0.05, 0) is 71.7 Å². The average molecular weight is 663 g/mol. The van der Waals surface area contributed by atoms with Crippen molar-refractivity contribution in [2.75, 3.05) is 51.7 Å². The van der Waals surface area contributed by atoms with Crippen molar-refractivity contribution >= 4 is 11.6 Å². The van der Waals surface area contributed by atoms with E-state index in [1.807, 2.05) is 12.1 Å². The summed E-state index contributed by atoms with van der Waals surface area (Å²) in [6.07, 6.45) is -5.83. The maximum Gasteiger partial charge on any atom is 0.416 e. The van der Waals surface area contributed by atoms with Gasteiger partial charge in [0.2, 0.25) is 5.91 Å². The molecule has 6 nitrogen and oxygen atoms in total. The first-order valence-electron chi connectivity index (χ1n) is 15.8. The van der Waals surface area contributed by atoms with Gasteiger partial charge in [-0.15, -0.1) is 0 Å². The lowest BCUT2D eigenvalue weighted by atomic mass is 9.97. The summed E-state index contributed by atoms with van der Waals surface area (Å²) in [7, 11) is 1.48. The standard InChI is InChI=1S/C35H40F6N4O2/c1-47-29-13-11-26(12-14-29)21-44(24-34(36,37)38)17-18-45(23-28-5-2-3-7-31(28)35(39,40)41)33(46)19-42-32-8-4-6-27-22-43(16-15-30(27)32)20-25-9-10-25/h2-8,11-14,25,42H,9-10,15-24H2,1H3. The van der Waals surface area contributed by atoms with Crippen LogP contribution in [-0.4, -0.2) is 73.2 Å². The molecule has 0 spiro atoms. The van der Waals surface area contributed by atoms with E-state index in [4.69, 9.17) is 4.74 Å². The molecule has 0 aromatic heterocycles. The molecule has 0 radical (unpaired) electrons. The van der Waals surface area contributed by atoms with Gasteiger partial charge in [0.1, 0.15) is 5.75 Å². The highest BCUT2D eigenvalue weighted by atomic mass is 19.4. The smallest absolute Gasteiger partial charge is 0.416 e. The van der Waals surface area contributed by atoms with Gasteiger partial charge in [0.05, 0.1) is 25.8 Å². The number of carbonyl (C=O) groups excluding carboxylic acids is 1. The number of nitrogens with zero attached hydrogens (tertiary/aromatic N) is 3. The maximum atomic E-state index is 13.9. The van der Waals surface area contributed by atoms with Gasteiger partial charge in [-0.1, -0.05) is 42.5 Å². The summed E-state index contributed by atoms with van der Waals surface area (Å²) in [6.45, 7) is 0.455. The average Bonchev–Trinajstić information content (AvgIpc) is 3.85. The number of nitrogens with one attached hydrogen (secondary N) is 1. The number of rotatable bonds is 14. The molecule has 12 heteroatoms. The van der Waals surface area contributed by atoms with Gasteiger partial charge in [-0.25, -0.2) is 0 Å². The van der Waals surface area contributed by atoms with E-state index in [9.17, 15) is 31.1 Å². The van der Waals surface area contributed by atoms with E-state index in [0.29, 0.717) is 11.3 Å². The minimum atomic E-state index is -4.66. The fraction of sp³-hybridized carbons (Fsp3) is 0.457. The van der Waals surface area contributed by atoms with E-state index in [-0.39, 0.29) is 31.7 Å². The van der Waals surface area contributed by atoms with Gasteiger partial charge in [0.25, 0.3) is 0 Å². The third kappa shape index (κ3) is 10.1. The highest BCUT2D eigenvalue weighted by Gasteiger charge is 2.35. The van der Waals surface area contributed by atoms with Crippen LogP contribution in [0, 0.1) is 5.92 Å². The summed E-state index contributed by atoms with van der Waals surface area (Å²) in [4.78, 5) is 18.5. The summed E-state index contributed by atoms with van der Waals surface area (Å²) in [5.74, 6) is 0.813. The second-order valence-electron chi connectivity index (χ2n) is 12.4. The Hall–Kier alpha value is -3.77. The molecule has 1 fully saturated rings. The molecule has 1 aliphatic heterocycles. The minimum Gasteiger partial charge on any atom is -0.497 e. The summed E-state index contributed by atoms with van der Waals surface area (Å²) in [5, 5.41) is 3.19. The summed E-state index contributed by atoms with van der Waals surface area (Å²) < 4.78 is 87.5. The summed E-state index contributed by atoms with van der Waals surface area (Å²) in [6, 6.07) is 17.4. The Morgan fingerprint density at radius 3 is 2.36 bits per heavy atom. The largest absolute Gasteiger partial charge is 0.497 e. The predicted octanol–water partition coefficient (Wildman–Crippen LogP) is 6.99. The van der Waals surface area contributed by atoms with Crippen molar-refractivity contribution < 1.29 is 35.9 Å². The van der Waals surface area contributed by atoms with Crippen LogP contribution < -0.4 is 10.1 Å². The first kappa shape index (κ1) is 34.6. The van der Waals surface area contributed by atoms with E-state index < -0.39 is 36.9 Å². The quantitative estimate of drug-likeness (QED) is 0.189. The van der Waals surface area contributed by atoms with Gasteiger partial charge in [0.15, 0.2) is 0 Å². The molecule has 2 aliphatic rings. The molecule has 1 aliphatic carbocycles. The number of carbonyl (C=O) groups is 1. The molecule has 0 atom stereocenters. The lowest BCUT2D eigenvalue weighted by Gasteiger charge is -2.31. The Bertz CT molecular complexity index is 1490. The van der Waals surface area contributed by atoms with E-state index in [1.54, 1.807) is 24.3 Å². The summed E-state index contributed by atoms with van der Waals surface area (Å²) >= 11 is 0. The van der Waals surface area contributed by atoms with E-state index in [2.05, 4.69) is 16.3 Å². The van der Waals surface area contributed by atoms with Crippen LogP contribution in [0.2, 0.25) is 0 Å². The number of benzene rings is 3. The Morgan fingerprint density at radius 1 is 0.936 bits per heavy atom. The number of alkyl halides is 6. The molecule has 0 unspecified atom stereocenters. The number of anilines is 1. The number of ether oxygens (including phenoxy) is 1. The van der Waals surface area contributed by atoms with Crippen LogP contribution >= 0.6 is 0 Å². The topological polar surface area (TPSA) is 48.1 Å². The zero-order chi connectivity index (χ0) is 33.6. The Kier molecular flexibility index (Phi) is 11.0. The van der Waals surface area contributed by atoms with Crippen LogP contribution in [-0.2, 0) is 37.0 Å². The molecule has 5 rings (SSSR count). The monoisotopic (exact) mass is 662 g/mol. The van der Waals surface area contributed by atoms with E-state index in [0.717, 1.165) is 54.2 Å². The fourth-order valence-electron chi connectivity index (χ4n) is 6.09. The van der Waals surface area contributed by atoms with E-state index >= 15 is 0 Å². The van der Waals surface area contributed by atoms with Crippen molar-refractivity contribution in [3.8, 4) is 5.75 Å². The number of hydrogen-bond donors (Lipinski definition) is 1. The number of hydrogen-bond acceptors (Lipinski definition) is 5. The van der Waals surface area contributed by atoms with Gasteiger partial charge in [0, 0.05) is 51.5 Å². The van der Waals surface area contributed by atoms with Crippen LogP contribution in [0.15, 0.2) is 66.7 Å². The Labute approximate surface area is 271 Å². The maximum absolute atomic E-state index is 13.9. The molecular weight excluding hydrogens is 622 g/mol. The van der Waals surface area contributed by atoms with Crippen molar-refractivity contribution in [2.45, 2.75) is 51.2 Å². The zero-order valence-corrected chi connectivity index (χ0v) is 26.3. The molecule has 0 bridgehead atoms. The first-order chi connectivity index (χ1) is 22.4. The molecule has 1 amide bonds. The highest BCUT2D eigenvalue weighted by molar-refractivity contribution is 5.81. The predicted molar refractivity (Wildman–Crippen MR) is 168 cm³/mol. The van der Waals surface area contributed by atoms with Crippen LogP contribution in [0.5, 0.6) is 5.75 Å². The van der Waals surface area contributed by atoms with Crippen molar-refractivity contribution in [1.82, 2.24) is 14.7 Å². The van der Waals surface area contributed by atoms with Gasteiger partial charge >= 0.3 is 12.4 Å². The van der Waals surface area contributed by atoms with Crippen LogP contribution in [0.25, 0.3) is 0 Å². The molecule has 1 heterocycles. The third-order valence-electron chi connectivity index (χ3n) is 8.68. The second kappa shape index (κ2) is 15.0. The van der Waals surface area contributed by atoms with Crippen LogP contribution in [0.3, 0.4) is 0 Å². The summed E-state index contributed by atoms with van der Waals surface area (Å²) in [5.41, 5.74) is 2.66. The molecule has 0 saturated heterocycles. The number of halogens is 6. The normalized spacial score (nSPS) is 15.4. The molecular formula is C35H40F6N4O2. The number of methoxy groups -OCH3 is 1. The third-order valence-corrected chi connectivity index (χ3v) is 8.68. The number of amides is 1. The SMILES string of the molecule is COc1ccc(CN(CCN(Cc2ccccc2C(F)(F)F)C(=O)CNc2cccc3c2CCN(CC2CC2)C3)CC(F)(F)F)cc1. The first-order valence-corrected chi connectivity index (χ1v) is 15.8. The van der Waals surface area contributed by atoms with E-state index in [1.165, 1.54) is 48.6 Å². The van der Waals surface area contributed by atoms with Gasteiger partial charge < -0.3 is 15.0 Å². The van der Waals surface area contributed by atoms with Gasteiger partial charge in [-0.2, -0.15) is 26.3 Å². The van der Waals surface area contributed by atoms with Crippen molar-refractivity contribution in [1.29, 1.82) is 0 Å². The molecule has 47 heavy (non-hydrogen) atoms. The zero-order valence-electron chi connectivity index (χ0n) is 26.3.